The number of ether oxygens (including phenoxy) is 1. The van der Waals surface area contributed by atoms with Crippen molar-refractivity contribution in [2.75, 3.05) is 53.9 Å². The summed E-state index contributed by atoms with van der Waals surface area (Å²) in [7, 11) is 5.23. The molecule has 0 spiro atoms. The molecule has 30 heavy (non-hydrogen) atoms. The zero-order valence-electron chi connectivity index (χ0n) is 17.9. The lowest BCUT2D eigenvalue weighted by Crippen LogP contribution is -2.52. The molecular formula is C21H30N6O3. The summed E-state index contributed by atoms with van der Waals surface area (Å²) in [5.74, 6) is 1.49. The lowest BCUT2D eigenvalue weighted by Gasteiger charge is -2.36. The Balaban J connectivity index is 1.46. The maximum absolute atomic E-state index is 11.7. The molecule has 9 nitrogen and oxygen atoms in total. The average molecular weight is 415 g/mol. The lowest BCUT2D eigenvalue weighted by molar-refractivity contribution is -0.130. The average Bonchev–Trinajstić information content (AvgIpc) is 3.27. The Hall–Kier alpha value is -3.07. The van der Waals surface area contributed by atoms with Crippen LogP contribution >= 0.6 is 0 Å². The second-order valence-electron chi connectivity index (χ2n) is 7.38. The molecule has 0 bridgehead atoms. The first-order chi connectivity index (χ1) is 14.5. The summed E-state index contributed by atoms with van der Waals surface area (Å²) in [5.41, 5.74) is 2.02. The van der Waals surface area contributed by atoms with Crippen molar-refractivity contribution in [1.82, 2.24) is 25.2 Å². The van der Waals surface area contributed by atoms with Crippen LogP contribution in [0.1, 0.15) is 11.3 Å². The number of rotatable bonds is 7. The van der Waals surface area contributed by atoms with E-state index in [9.17, 15) is 4.79 Å². The Morgan fingerprint density at radius 3 is 2.73 bits per heavy atom. The molecule has 2 aromatic rings. The molecule has 0 unspecified atom stereocenters. The van der Waals surface area contributed by atoms with Crippen LogP contribution in [0.2, 0.25) is 0 Å². The normalized spacial score (nSPS) is 15.2. The lowest BCUT2D eigenvalue weighted by atomic mass is 10.2. The predicted molar refractivity (Wildman–Crippen MR) is 114 cm³/mol. The van der Waals surface area contributed by atoms with Crippen molar-refractivity contribution >= 4 is 11.9 Å². The van der Waals surface area contributed by atoms with E-state index in [0.29, 0.717) is 12.3 Å². The number of hydrogen-bond acceptors (Lipinski definition) is 6. The molecule has 162 valence electrons. The van der Waals surface area contributed by atoms with Gasteiger partial charge in [0.1, 0.15) is 12.0 Å². The van der Waals surface area contributed by atoms with Crippen molar-refractivity contribution in [2.45, 2.75) is 13.1 Å². The van der Waals surface area contributed by atoms with E-state index >= 15 is 0 Å². The van der Waals surface area contributed by atoms with Crippen molar-refractivity contribution in [3.63, 3.8) is 0 Å². The molecule has 1 aromatic heterocycles. The van der Waals surface area contributed by atoms with Crippen LogP contribution < -0.4 is 10.1 Å². The third-order valence-electron chi connectivity index (χ3n) is 4.97. The van der Waals surface area contributed by atoms with Crippen LogP contribution in [0.5, 0.6) is 5.75 Å². The Labute approximate surface area is 177 Å². The van der Waals surface area contributed by atoms with Gasteiger partial charge in [-0.25, -0.2) is 0 Å². The standard InChI is InChI=1S/C21H30N6O3/c1-22-21(27-10-8-26(9-11-27)15-18-7-12-30-24-18)23-14-17-5-4-6-19(13-17)29-16-20(28)25(2)3/h4-7,12-13H,8-11,14-16H2,1-3H3,(H,22,23). The Morgan fingerprint density at radius 2 is 2.07 bits per heavy atom. The third-order valence-corrected chi connectivity index (χ3v) is 4.97. The SMILES string of the molecule is CN=C(NCc1cccc(OCC(=O)N(C)C)c1)N1CCN(Cc2ccon2)CC1. The monoisotopic (exact) mass is 414 g/mol. The Morgan fingerprint density at radius 1 is 1.27 bits per heavy atom. The summed E-state index contributed by atoms with van der Waals surface area (Å²) in [4.78, 5) is 22.3. The summed E-state index contributed by atoms with van der Waals surface area (Å²) in [5, 5.41) is 7.41. The fraction of sp³-hybridized carbons (Fsp3) is 0.476. The zero-order chi connectivity index (χ0) is 21.3. The highest BCUT2D eigenvalue weighted by Crippen LogP contribution is 2.14. The number of hydrogen-bond donors (Lipinski definition) is 1. The summed E-state index contributed by atoms with van der Waals surface area (Å²) in [6.45, 7) is 5.14. The van der Waals surface area contributed by atoms with Gasteiger partial charge in [0.2, 0.25) is 0 Å². The number of guanidine groups is 1. The highest BCUT2D eigenvalue weighted by Gasteiger charge is 2.20. The van der Waals surface area contributed by atoms with Gasteiger partial charge < -0.3 is 24.4 Å². The molecule has 3 rings (SSSR count). The number of aliphatic imine (C=N–C) groups is 1. The van der Waals surface area contributed by atoms with Crippen LogP contribution in [0.3, 0.4) is 0 Å². The van der Waals surface area contributed by atoms with Crippen molar-refractivity contribution < 1.29 is 14.1 Å². The molecule has 1 aliphatic rings. The number of piperazine rings is 1. The number of carbonyl (C=O) groups excluding carboxylic acids is 1. The van der Waals surface area contributed by atoms with Crippen molar-refractivity contribution in [1.29, 1.82) is 0 Å². The first kappa shape index (κ1) is 21.6. The maximum Gasteiger partial charge on any atom is 0.259 e. The van der Waals surface area contributed by atoms with Crippen LogP contribution in [0, 0.1) is 0 Å². The Bertz CT molecular complexity index is 829. The molecule has 0 aliphatic carbocycles. The minimum absolute atomic E-state index is 0.0319. The van der Waals surface area contributed by atoms with Gasteiger partial charge >= 0.3 is 0 Å². The van der Waals surface area contributed by atoms with Crippen LogP contribution in [-0.2, 0) is 17.9 Å². The summed E-state index contributed by atoms with van der Waals surface area (Å²) in [6.07, 6.45) is 1.61. The van der Waals surface area contributed by atoms with Gasteiger partial charge in [-0.15, -0.1) is 0 Å². The maximum atomic E-state index is 11.7. The van der Waals surface area contributed by atoms with Gasteiger partial charge in [-0.1, -0.05) is 17.3 Å². The number of amides is 1. The van der Waals surface area contributed by atoms with E-state index < -0.39 is 0 Å². The highest BCUT2D eigenvalue weighted by atomic mass is 16.5. The minimum atomic E-state index is -0.0679. The first-order valence-electron chi connectivity index (χ1n) is 10.0. The molecule has 1 amide bonds. The van der Waals surface area contributed by atoms with E-state index in [-0.39, 0.29) is 12.5 Å². The fourth-order valence-electron chi connectivity index (χ4n) is 3.20. The van der Waals surface area contributed by atoms with Crippen molar-refractivity contribution in [3.8, 4) is 5.75 Å². The van der Waals surface area contributed by atoms with Gasteiger partial charge in [-0.3, -0.25) is 14.7 Å². The summed E-state index contributed by atoms with van der Waals surface area (Å²) < 4.78 is 10.5. The number of nitrogens with zero attached hydrogens (tertiary/aromatic N) is 5. The topological polar surface area (TPSA) is 86.4 Å². The number of aromatic nitrogens is 1. The summed E-state index contributed by atoms with van der Waals surface area (Å²) >= 11 is 0. The van der Waals surface area contributed by atoms with Crippen molar-refractivity contribution in [2.24, 2.45) is 4.99 Å². The number of benzene rings is 1. The fourth-order valence-corrected chi connectivity index (χ4v) is 3.20. The molecule has 0 saturated carbocycles. The smallest absolute Gasteiger partial charge is 0.259 e. The molecular weight excluding hydrogens is 384 g/mol. The van der Waals surface area contributed by atoms with Crippen LogP contribution in [0.25, 0.3) is 0 Å². The molecule has 1 N–H and O–H groups in total. The van der Waals surface area contributed by atoms with Gasteiger partial charge in [-0.05, 0) is 17.7 Å². The van der Waals surface area contributed by atoms with E-state index in [4.69, 9.17) is 9.26 Å². The van der Waals surface area contributed by atoms with Gasteiger partial charge in [0.15, 0.2) is 12.6 Å². The van der Waals surface area contributed by atoms with Gasteiger partial charge in [0, 0.05) is 66.5 Å². The third kappa shape index (κ3) is 6.21. The van der Waals surface area contributed by atoms with E-state index in [1.165, 1.54) is 4.90 Å². The molecule has 9 heteroatoms. The van der Waals surface area contributed by atoms with Gasteiger partial charge in [0.05, 0.1) is 5.69 Å². The minimum Gasteiger partial charge on any atom is -0.484 e. The quantitative estimate of drug-likeness (QED) is 0.535. The second kappa shape index (κ2) is 10.6. The number of likely N-dealkylation sites (N-methyl/N-ethyl adjacent to an activating group) is 1. The molecule has 1 fully saturated rings. The molecule has 1 aliphatic heterocycles. The largest absolute Gasteiger partial charge is 0.484 e. The highest BCUT2D eigenvalue weighted by molar-refractivity contribution is 5.80. The van der Waals surface area contributed by atoms with E-state index in [1.807, 2.05) is 30.3 Å². The molecule has 1 saturated heterocycles. The Kier molecular flexibility index (Phi) is 7.67. The molecule has 0 radical (unpaired) electrons. The molecule has 2 heterocycles. The van der Waals surface area contributed by atoms with Crippen LogP contribution in [0.4, 0.5) is 0 Å². The van der Waals surface area contributed by atoms with E-state index in [1.54, 1.807) is 27.4 Å². The summed E-state index contributed by atoms with van der Waals surface area (Å²) in [6, 6.07) is 9.66. The van der Waals surface area contributed by atoms with Crippen molar-refractivity contribution in [3.05, 3.63) is 47.9 Å². The van der Waals surface area contributed by atoms with E-state index in [2.05, 4.69) is 25.3 Å². The molecule has 1 aromatic carbocycles. The number of nitrogens with one attached hydrogen (secondary N) is 1. The van der Waals surface area contributed by atoms with Gasteiger partial charge in [0.25, 0.3) is 5.91 Å². The number of carbonyl (C=O) groups is 1. The van der Waals surface area contributed by atoms with Crippen LogP contribution in [0.15, 0.2) is 46.1 Å². The van der Waals surface area contributed by atoms with Gasteiger partial charge in [-0.2, -0.15) is 0 Å². The zero-order valence-corrected chi connectivity index (χ0v) is 17.9. The molecule has 0 atom stereocenters. The predicted octanol–water partition coefficient (Wildman–Crippen LogP) is 1.03. The second-order valence-corrected chi connectivity index (χ2v) is 7.38. The van der Waals surface area contributed by atoms with E-state index in [0.717, 1.165) is 49.9 Å². The van der Waals surface area contributed by atoms with Crippen LogP contribution in [-0.4, -0.2) is 85.7 Å². The first-order valence-corrected chi connectivity index (χ1v) is 10.0.